The monoisotopic (exact) mass is 526 g/mol. The van der Waals surface area contributed by atoms with Gasteiger partial charge in [-0.25, -0.2) is 0 Å². The zero-order valence-corrected chi connectivity index (χ0v) is 20.9. The summed E-state index contributed by atoms with van der Waals surface area (Å²) in [5.74, 6) is 1.14. The van der Waals surface area contributed by atoms with Crippen molar-refractivity contribution in [2.75, 3.05) is 18.5 Å². The van der Waals surface area contributed by atoms with Gasteiger partial charge in [-0.3, -0.25) is 10.1 Å². The number of hydrogen-bond acceptors (Lipinski definition) is 4. The van der Waals surface area contributed by atoms with E-state index < -0.39 is 0 Å². The number of carbonyl (C=O) groups excluding carboxylic acids is 1. The van der Waals surface area contributed by atoms with Gasteiger partial charge >= 0.3 is 0 Å². The number of amides is 1. The highest BCUT2D eigenvalue weighted by atomic mass is 79.9. The largest absolute Gasteiger partial charge is 0.494 e. The van der Waals surface area contributed by atoms with E-state index in [2.05, 4.69) is 45.6 Å². The Morgan fingerprint density at radius 1 is 0.970 bits per heavy atom. The molecule has 3 aromatic rings. The molecule has 7 heteroatoms. The number of ether oxygens (including phenoxy) is 2. The van der Waals surface area contributed by atoms with Crippen molar-refractivity contribution < 1.29 is 14.3 Å². The van der Waals surface area contributed by atoms with Crippen molar-refractivity contribution in [3.05, 3.63) is 88.4 Å². The van der Waals surface area contributed by atoms with Crippen LogP contribution in [-0.2, 0) is 6.42 Å². The van der Waals surface area contributed by atoms with Crippen molar-refractivity contribution in [3.8, 4) is 11.5 Å². The molecule has 0 aliphatic carbocycles. The van der Waals surface area contributed by atoms with Crippen LogP contribution in [-0.4, -0.2) is 24.2 Å². The predicted octanol–water partition coefficient (Wildman–Crippen LogP) is 6.38. The fraction of sp³-hybridized carbons (Fsp3) is 0.231. The molecular formula is C26H27BrN2O3S. The van der Waals surface area contributed by atoms with Gasteiger partial charge in [-0.2, -0.15) is 0 Å². The van der Waals surface area contributed by atoms with E-state index in [1.54, 1.807) is 18.2 Å². The molecule has 0 spiro atoms. The second kappa shape index (κ2) is 13.0. The van der Waals surface area contributed by atoms with Crippen LogP contribution < -0.4 is 20.1 Å². The zero-order valence-electron chi connectivity index (χ0n) is 18.5. The minimum atomic E-state index is -0.306. The quantitative estimate of drug-likeness (QED) is 0.237. The van der Waals surface area contributed by atoms with Gasteiger partial charge in [0.25, 0.3) is 5.91 Å². The summed E-state index contributed by atoms with van der Waals surface area (Å²) in [4.78, 5) is 12.6. The molecule has 0 saturated carbocycles. The summed E-state index contributed by atoms with van der Waals surface area (Å²) in [5, 5.41) is 5.95. The summed E-state index contributed by atoms with van der Waals surface area (Å²) in [7, 11) is 0. The van der Waals surface area contributed by atoms with E-state index in [4.69, 9.17) is 21.7 Å². The van der Waals surface area contributed by atoms with Crippen LogP contribution >= 0.6 is 28.1 Å². The van der Waals surface area contributed by atoms with Gasteiger partial charge in [0.05, 0.1) is 17.7 Å². The molecule has 0 heterocycles. The first-order valence-electron chi connectivity index (χ1n) is 10.9. The summed E-state index contributed by atoms with van der Waals surface area (Å²) in [6.07, 6.45) is 2.88. The van der Waals surface area contributed by atoms with E-state index in [9.17, 15) is 4.79 Å². The fourth-order valence-corrected chi connectivity index (χ4v) is 3.72. The Labute approximate surface area is 208 Å². The van der Waals surface area contributed by atoms with Gasteiger partial charge in [0.15, 0.2) is 5.11 Å². The van der Waals surface area contributed by atoms with Gasteiger partial charge in [-0.1, -0.05) is 49.7 Å². The van der Waals surface area contributed by atoms with Gasteiger partial charge in [-0.05, 0) is 70.5 Å². The first-order chi connectivity index (χ1) is 16.0. The fourth-order valence-electron chi connectivity index (χ4n) is 3.02. The van der Waals surface area contributed by atoms with Crippen LogP contribution in [0.25, 0.3) is 0 Å². The molecule has 33 heavy (non-hydrogen) atoms. The van der Waals surface area contributed by atoms with E-state index in [1.165, 1.54) is 5.56 Å². The molecule has 0 unspecified atom stereocenters. The highest BCUT2D eigenvalue weighted by molar-refractivity contribution is 9.10. The molecular weight excluding hydrogens is 500 g/mol. The van der Waals surface area contributed by atoms with Crippen molar-refractivity contribution in [2.24, 2.45) is 0 Å². The predicted molar refractivity (Wildman–Crippen MR) is 140 cm³/mol. The van der Waals surface area contributed by atoms with Crippen LogP contribution in [0.5, 0.6) is 11.5 Å². The van der Waals surface area contributed by atoms with Crippen LogP contribution in [0.2, 0.25) is 0 Å². The molecule has 0 bridgehead atoms. The summed E-state index contributed by atoms with van der Waals surface area (Å²) >= 11 is 8.79. The number of benzene rings is 3. The topological polar surface area (TPSA) is 59.6 Å². The molecule has 0 radical (unpaired) electrons. The second-order valence-electron chi connectivity index (χ2n) is 7.37. The number of thiocarbonyl (C=S) groups is 1. The Balaban J connectivity index is 1.50. The Morgan fingerprint density at radius 3 is 2.55 bits per heavy atom. The molecule has 3 rings (SSSR count). The number of nitrogens with one attached hydrogen (secondary N) is 2. The van der Waals surface area contributed by atoms with Crippen molar-refractivity contribution >= 4 is 44.9 Å². The third kappa shape index (κ3) is 8.18. The normalized spacial score (nSPS) is 10.4. The first kappa shape index (κ1) is 24.7. The maximum atomic E-state index is 12.6. The van der Waals surface area contributed by atoms with E-state index >= 15 is 0 Å². The van der Waals surface area contributed by atoms with Crippen LogP contribution in [0.1, 0.15) is 35.7 Å². The van der Waals surface area contributed by atoms with Crippen molar-refractivity contribution in [3.63, 3.8) is 0 Å². The molecule has 0 aliphatic heterocycles. The lowest BCUT2D eigenvalue weighted by Gasteiger charge is -2.12. The summed E-state index contributed by atoms with van der Waals surface area (Å²) < 4.78 is 12.3. The third-order valence-electron chi connectivity index (χ3n) is 4.77. The van der Waals surface area contributed by atoms with E-state index in [-0.39, 0.29) is 11.0 Å². The summed E-state index contributed by atoms with van der Waals surface area (Å²) in [6, 6.07) is 22.8. The Morgan fingerprint density at radius 2 is 1.79 bits per heavy atom. The van der Waals surface area contributed by atoms with Crippen LogP contribution in [0.15, 0.2) is 77.3 Å². The number of hydrogen-bond donors (Lipinski definition) is 2. The molecule has 0 saturated heterocycles. The molecule has 0 atom stereocenters. The smallest absolute Gasteiger partial charge is 0.257 e. The van der Waals surface area contributed by atoms with E-state index in [0.717, 1.165) is 30.7 Å². The molecule has 172 valence electrons. The minimum Gasteiger partial charge on any atom is -0.494 e. The maximum Gasteiger partial charge on any atom is 0.257 e. The van der Waals surface area contributed by atoms with Crippen LogP contribution in [0, 0.1) is 0 Å². The van der Waals surface area contributed by atoms with Crippen molar-refractivity contribution in [1.29, 1.82) is 0 Å². The molecule has 5 nitrogen and oxygen atoms in total. The van der Waals surface area contributed by atoms with Gasteiger partial charge in [-0.15, -0.1) is 0 Å². The zero-order chi connectivity index (χ0) is 23.5. The minimum absolute atomic E-state index is 0.213. The first-order valence-corrected chi connectivity index (χ1v) is 12.1. The van der Waals surface area contributed by atoms with E-state index in [1.807, 2.05) is 42.5 Å². The van der Waals surface area contributed by atoms with Gasteiger partial charge in [0.1, 0.15) is 11.5 Å². The highest BCUT2D eigenvalue weighted by Crippen LogP contribution is 2.26. The standard InChI is InChI=1S/C26H27BrN2O3S/c1-2-3-15-31-22-11-7-10-21(18-22)28-26(33)29-25(30)20-12-13-24(23(27)17-20)32-16-14-19-8-5-4-6-9-19/h4-13,17-18H,2-3,14-16H2,1H3,(H2,28,29,30,33). The molecule has 0 aromatic heterocycles. The number of carbonyl (C=O) groups is 1. The van der Waals surface area contributed by atoms with Crippen molar-refractivity contribution in [2.45, 2.75) is 26.2 Å². The lowest BCUT2D eigenvalue weighted by atomic mass is 10.2. The average Bonchev–Trinajstić information content (AvgIpc) is 2.81. The maximum absolute atomic E-state index is 12.6. The number of unbranched alkanes of at least 4 members (excludes halogenated alkanes) is 1. The molecule has 0 fully saturated rings. The SMILES string of the molecule is CCCCOc1cccc(NC(=S)NC(=O)c2ccc(OCCc3ccccc3)c(Br)c2)c1. The summed E-state index contributed by atoms with van der Waals surface area (Å²) in [5.41, 5.74) is 2.43. The second-order valence-corrected chi connectivity index (χ2v) is 8.63. The number of anilines is 1. The number of rotatable bonds is 10. The Hall–Kier alpha value is -2.90. The van der Waals surface area contributed by atoms with Crippen LogP contribution in [0.3, 0.4) is 0 Å². The molecule has 3 aromatic carbocycles. The Kier molecular flexibility index (Phi) is 9.72. The molecule has 1 amide bonds. The average molecular weight is 527 g/mol. The number of halogens is 1. The van der Waals surface area contributed by atoms with Crippen LogP contribution in [0.4, 0.5) is 5.69 Å². The molecule has 2 N–H and O–H groups in total. The van der Waals surface area contributed by atoms with E-state index in [0.29, 0.717) is 29.0 Å². The van der Waals surface area contributed by atoms with Gasteiger partial charge in [0.2, 0.25) is 0 Å². The highest BCUT2D eigenvalue weighted by Gasteiger charge is 2.11. The molecule has 0 aliphatic rings. The van der Waals surface area contributed by atoms with Gasteiger partial charge in [0, 0.05) is 23.7 Å². The third-order valence-corrected chi connectivity index (χ3v) is 5.59. The summed E-state index contributed by atoms with van der Waals surface area (Å²) in [6.45, 7) is 3.33. The Bertz CT molecular complexity index is 1080. The van der Waals surface area contributed by atoms with Gasteiger partial charge < -0.3 is 14.8 Å². The van der Waals surface area contributed by atoms with Crippen molar-refractivity contribution in [1.82, 2.24) is 5.32 Å². The lowest BCUT2D eigenvalue weighted by molar-refractivity contribution is 0.0977. The lowest BCUT2D eigenvalue weighted by Crippen LogP contribution is -2.34.